The fourth-order valence-corrected chi connectivity index (χ4v) is 3.35. The number of fused-ring (bicyclic) bond motifs is 2. The van der Waals surface area contributed by atoms with Gasteiger partial charge in [0.15, 0.2) is 0 Å². The quantitative estimate of drug-likeness (QED) is 0.769. The third-order valence-electron chi connectivity index (χ3n) is 4.21. The van der Waals surface area contributed by atoms with Crippen molar-refractivity contribution in [2.24, 2.45) is 17.8 Å². The van der Waals surface area contributed by atoms with Crippen LogP contribution in [0.4, 0.5) is 5.69 Å². The Morgan fingerprint density at radius 3 is 2.53 bits per heavy atom. The predicted molar refractivity (Wildman–Crippen MR) is 65.7 cm³/mol. The fraction of sp³-hybridized carbons (Fsp3) is 0.500. The predicted octanol–water partition coefficient (Wildman–Crippen LogP) is 2.77. The highest BCUT2D eigenvalue weighted by Crippen LogP contribution is 2.48. The largest absolute Gasteiger partial charge is 0.508 e. The van der Waals surface area contributed by atoms with Gasteiger partial charge >= 0.3 is 0 Å². The van der Waals surface area contributed by atoms with Gasteiger partial charge in [0.2, 0.25) is 5.91 Å². The van der Waals surface area contributed by atoms with Crippen molar-refractivity contribution in [2.45, 2.75) is 25.7 Å². The Kier molecular flexibility index (Phi) is 2.54. The molecule has 1 aromatic rings. The monoisotopic (exact) mass is 231 g/mol. The summed E-state index contributed by atoms with van der Waals surface area (Å²) in [6.07, 6.45) is 4.84. The zero-order valence-electron chi connectivity index (χ0n) is 9.73. The van der Waals surface area contributed by atoms with Crippen LogP contribution >= 0.6 is 0 Å². The Hall–Kier alpha value is -1.51. The van der Waals surface area contributed by atoms with Gasteiger partial charge in [-0.05, 0) is 55.4 Å². The summed E-state index contributed by atoms with van der Waals surface area (Å²) in [6.45, 7) is 0. The molecule has 3 heteroatoms. The Morgan fingerprint density at radius 1 is 1.18 bits per heavy atom. The summed E-state index contributed by atoms with van der Waals surface area (Å²) < 4.78 is 0. The summed E-state index contributed by atoms with van der Waals surface area (Å²) in [5.74, 6) is 1.99. The first-order chi connectivity index (χ1) is 8.22. The molecular weight excluding hydrogens is 214 g/mol. The minimum absolute atomic E-state index is 0.155. The van der Waals surface area contributed by atoms with Crippen LogP contribution in [0, 0.1) is 17.8 Å². The zero-order valence-corrected chi connectivity index (χ0v) is 9.73. The molecule has 1 amide bonds. The van der Waals surface area contributed by atoms with Crippen molar-refractivity contribution in [3.63, 3.8) is 0 Å². The number of benzene rings is 1. The van der Waals surface area contributed by atoms with Gasteiger partial charge in [-0.3, -0.25) is 4.79 Å². The van der Waals surface area contributed by atoms with Crippen LogP contribution in [0.1, 0.15) is 25.7 Å². The van der Waals surface area contributed by atoms with E-state index in [-0.39, 0.29) is 17.6 Å². The highest BCUT2D eigenvalue weighted by atomic mass is 16.3. The average Bonchev–Trinajstić information content (AvgIpc) is 2.94. The van der Waals surface area contributed by atoms with Crippen LogP contribution in [0.25, 0.3) is 0 Å². The van der Waals surface area contributed by atoms with Crippen molar-refractivity contribution in [1.29, 1.82) is 0 Å². The van der Waals surface area contributed by atoms with Crippen molar-refractivity contribution < 1.29 is 9.90 Å². The smallest absolute Gasteiger partial charge is 0.227 e. The fourth-order valence-electron chi connectivity index (χ4n) is 3.35. The van der Waals surface area contributed by atoms with Gasteiger partial charge in [-0.15, -0.1) is 0 Å². The van der Waals surface area contributed by atoms with Crippen molar-refractivity contribution in [1.82, 2.24) is 0 Å². The number of rotatable bonds is 2. The normalized spacial score (nSPS) is 30.5. The molecule has 2 aliphatic carbocycles. The van der Waals surface area contributed by atoms with E-state index in [2.05, 4.69) is 5.32 Å². The Labute approximate surface area is 101 Å². The molecule has 2 saturated carbocycles. The van der Waals surface area contributed by atoms with Crippen molar-refractivity contribution >= 4 is 11.6 Å². The van der Waals surface area contributed by atoms with E-state index < -0.39 is 0 Å². The average molecular weight is 231 g/mol. The molecule has 1 aromatic carbocycles. The lowest BCUT2D eigenvalue weighted by Crippen LogP contribution is -2.27. The van der Waals surface area contributed by atoms with Crippen molar-refractivity contribution in [3.8, 4) is 5.75 Å². The lowest BCUT2D eigenvalue weighted by atomic mass is 9.88. The summed E-state index contributed by atoms with van der Waals surface area (Å²) in [6, 6.07) is 6.66. The topological polar surface area (TPSA) is 49.3 Å². The van der Waals surface area contributed by atoms with Crippen LogP contribution in [-0.4, -0.2) is 11.0 Å². The van der Waals surface area contributed by atoms with E-state index in [9.17, 15) is 9.90 Å². The number of phenols is 1. The summed E-state index contributed by atoms with van der Waals surface area (Å²) >= 11 is 0. The Balaban J connectivity index is 1.65. The van der Waals surface area contributed by atoms with Gasteiger partial charge in [-0.1, -0.05) is 6.42 Å². The van der Waals surface area contributed by atoms with Crippen molar-refractivity contribution in [2.75, 3.05) is 5.32 Å². The number of phenolic OH excluding ortho intramolecular Hbond substituents is 1. The Morgan fingerprint density at radius 2 is 1.94 bits per heavy atom. The summed E-state index contributed by atoms with van der Waals surface area (Å²) in [5, 5.41) is 12.1. The molecule has 3 atom stereocenters. The molecule has 2 bridgehead atoms. The van der Waals surface area contributed by atoms with Gasteiger partial charge in [-0.25, -0.2) is 0 Å². The first-order valence-corrected chi connectivity index (χ1v) is 6.32. The molecule has 0 heterocycles. The number of amides is 1. The maximum atomic E-state index is 12.1. The summed E-state index contributed by atoms with van der Waals surface area (Å²) in [4.78, 5) is 12.1. The first kappa shape index (κ1) is 10.6. The molecule has 2 N–H and O–H groups in total. The standard InChI is InChI=1S/C14H17NO2/c16-12-5-3-11(4-6-12)15-14(17)13-8-9-1-2-10(13)7-9/h3-6,9-10,13,16H,1-2,7-8H2,(H,15,17). The lowest BCUT2D eigenvalue weighted by Gasteiger charge is -2.20. The third-order valence-corrected chi connectivity index (χ3v) is 4.21. The van der Waals surface area contributed by atoms with E-state index >= 15 is 0 Å². The molecule has 0 spiro atoms. The minimum Gasteiger partial charge on any atom is -0.508 e. The van der Waals surface area contributed by atoms with Gasteiger partial charge in [0, 0.05) is 11.6 Å². The van der Waals surface area contributed by atoms with E-state index in [1.165, 1.54) is 19.3 Å². The van der Waals surface area contributed by atoms with Crippen LogP contribution < -0.4 is 5.32 Å². The molecule has 0 aliphatic heterocycles. The number of aromatic hydroxyl groups is 1. The maximum absolute atomic E-state index is 12.1. The number of carbonyl (C=O) groups is 1. The van der Waals surface area contributed by atoms with Crippen LogP contribution in [0.15, 0.2) is 24.3 Å². The van der Waals surface area contributed by atoms with E-state index in [1.54, 1.807) is 24.3 Å². The molecule has 3 unspecified atom stereocenters. The number of anilines is 1. The maximum Gasteiger partial charge on any atom is 0.227 e. The van der Waals surface area contributed by atoms with E-state index in [4.69, 9.17) is 0 Å². The number of nitrogens with one attached hydrogen (secondary N) is 1. The van der Waals surface area contributed by atoms with E-state index in [0.29, 0.717) is 5.92 Å². The second kappa shape index (κ2) is 4.06. The number of hydrogen-bond acceptors (Lipinski definition) is 2. The lowest BCUT2D eigenvalue weighted by molar-refractivity contribution is -0.121. The zero-order chi connectivity index (χ0) is 11.8. The minimum atomic E-state index is 0.155. The Bertz CT molecular complexity index is 426. The van der Waals surface area contributed by atoms with Crippen LogP contribution in [0.5, 0.6) is 5.75 Å². The molecule has 0 radical (unpaired) electrons. The SMILES string of the molecule is O=C(Nc1ccc(O)cc1)C1CC2CCC1C2. The molecular formula is C14H17NO2. The molecule has 2 fully saturated rings. The molecule has 0 saturated heterocycles. The summed E-state index contributed by atoms with van der Waals surface area (Å²) in [7, 11) is 0. The van der Waals surface area contributed by atoms with Crippen LogP contribution in [-0.2, 0) is 4.79 Å². The van der Waals surface area contributed by atoms with Gasteiger partial charge in [0.25, 0.3) is 0 Å². The van der Waals surface area contributed by atoms with Crippen LogP contribution in [0.2, 0.25) is 0 Å². The molecule has 3 nitrogen and oxygen atoms in total. The molecule has 90 valence electrons. The van der Waals surface area contributed by atoms with Gasteiger partial charge in [-0.2, -0.15) is 0 Å². The third kappa shape index (κ3) is 2.02. The highest BCUT2D eigenvalue weighted by molar-refractivity contribution is 5.93. The van der Waals surface area contributed by atoms with E-state index in [1.807, 2.05) is 0 Å². The molecule has 0 aromatic heterocycles. The molecule has 2 aliphatic rings. The van der Waals surface area contributed by atoms with Gasteiger partial charge in [0.05, 0.1) is 0 Å². The number of carbonyl (C=O) groups excluding carboxylic acids is 1. The molecule has 3 rings (SSSR count). The highest BCUT2D eigenvalue weighted by Gasteiger charge is 2.42. The summed E-state index contributed by atoms with van der Waals surface area (Å²) in [5.41, 5.74) is 0.774. The number of hydrogen-bond donors (Lipinski definition) is 2. The van der Waals surface area contributed by atoms with E-state index in [0.717, 1.165) is 18.0 Å². The molecule has 17 heavy (non-hydrogen) atoms. The second-order valence-corrected chi connectivity index (χ2v) is 5.32. The van der Waals surface area contributed by atoms with Gasteiger partial charge in [0.1, 0.15) is 5.75 Å². The van der Waals surface area contributed by atoms with Crippen molar-refractivity contribution in [3.05, 3.63) is 24.3 Å². The van der Waals surface area contributed by atoms with Crippen LogP contribution in [0.3, 0.4) is 0 Å². The second-order valence-electron chi connectivity index (χ2n) is 5.32. The van der Waals surface area contributed by atoms with Gasteiger partial charge < -0.3 is 10.4 Å². The first-order valence-electron chi connectivity index (χ1n) is 6.32.